The molecule has 0 bridgehead atoms. The first-order chi connectivity index (χ1) is 16.2. The molecule has 0 radical (unpaired) electrons. The van der Waals surface area contributed by atoms with Crippen LogP contribution in [0.25, 0.3) is 0 Å². The van der Waals surface area contributed by atoms with Crippen molar-refractivity contribution in [3.05, 3.63) is 60.2 Å². The number of anilines is 1. The first-order valence-corrected chi connectivity index (χ1v) is 11.0. The second kappa shape index (κ2) is 9.08. The van der Waals surface area contributed by atoms with Gasteiger partial charge in [0.15, 0.2) is 5.79 Å². The molecular formula is C25H28N2O7. The van der Waals surface area contributed by atoms with Crippen LogP contribution in [-0.4, -0.2) is 55.0 Å². The minimum Gasteiger partial charge on any atom is -0.497 e. The van der Waals surface area contributed by atoms with Gasteiger partial charge in [-0.05, 0) is 43.7 Å². The number of rotatable bonds is 7. The minimum absolute atomic E-state index is 0.118. The number of hydrogen-bond donors (Lipinski definition) is 1. The Labute approximate surface area is 197 Å². The van der Waals surface area contributed by atoms with Crippen LogP contribution in [0.15, 0.2) is 54.6 Å². The lowest BCUT2D eigenvalue weighted by molar-refractivity contribution is -0.194. The Morgan fingerprint density at radius 1 is 1.12 bits per heavy atom. The highest BCUT2D eigenvalue weighted by Gasteiger charge is 2.72. The number of nitrogens with one attached hydrogen (secondary N) is 1. The summed E-state index contributed by atoms with van der Waals surface area (Å²) in [5.74, 6) is -2.42. The van der Waals surface area contributed by atoms with E-state index in [0.717, 1.165) is 5.56 Å². The molecule has 34 heavy (non-hydrogen) atoms. The molecule has 9 nitrogen and oxygen atoms in total. The Morgan fingerprint density at radius 2 is 1.79 bits per heavy atom. The quantitative estimate of drug-likeness (QED) is 0.377. The minimum atomic E-state index is -2.09. The fourth-order valence-electron chi connectivity index (χ4n) is 4.39. The fourth-order valence-corrected chi connectivity index (χ4v) is 4.39. The van der Waals surface area contributed by atoms with Gasteiger partial charge in [-0.25, -0.2) is 0 Å². The van der Waals surface area contributed by atoms with Crippen molar-refractivity contribution in [2.45, 2.75) is 50.8 Å². The maximum absolute atomic E-state index is 13.6. The Bertz CT molecular complexity index is 1070. The lowest BCUT2D eigenvalue weighted by atomic mass is 9.77. The number of benzene rings is 2. The third kappa shape index (κ3) is 4.24. The molecule has 2 saturated heterocycles. The summed E-state index contributed by atoms with van der Waals surface area (Å²) in [6, 6.07) is 15.1. The molecule has 0 aromatic heterocycles. The predicted molar refractivity (Wildman–Crippen MR) is 122 cm³/mol. The van der Waals surface area contributed by atoms with Gasteiger partial charge in [-0.15, -0.1) is 0 Å². The van der Waals surface area contributed by atoms with Gasteiger partial charge in [-0.3, -0.25) is 19.3 Å². The van der Waals surface area contributed by atoms with Gasteiger partial charge in [0.05, 0.1) is 13.7 Å². The van der Waals surface area contributed by atoms with Gasteiger partial charge < -0.3 is 24.3 Å². The number of carbonyl (C=O) groups excluding carboxylic acids is 3. The summed E-state index contributed by atoms with van der Waals surface area (Å²) in [6.45, 7) is 4.94. The molecule has 2 aliphatic heterocycles. The first-order valence-electron chi connectivity index (χ1n) is 11.0. The molecule has 0 aliphatic carbocycles. The molecule has 3 atom stereocenters. The third-order valence-corrected chi connectivity index (χ3v) is 5.90. The second-order valence-electron chi connectivity index (χ2n) is 8.68. The van der Waals surface area contributed by atoms with Crippen molar-refractivity contribution < 1.29 is 33.3 Å². The summed E-state index contributed by atoms with van der Waals surface area (Å²) >= 11 is 0. The topological polar surface area (TPSA) is 103 Å². The molecule has 2 aliphatic rings. The van der Waals surface area contributed by atoms with E-state index in [2.05, 4.69) is 5.32 Å². The van der Waals surface area contributed by atoms with Gasteiger partial charge >= 0.3 is 5.97 Å². The van der Waals surface area contributed by atoms with E-state index >= 15 is 0 Å². The largest absolute Gasteiger partial charge is 0.497 e. The van der Waals surface area contributed by atoms with Crippen molar-refractivity contribution in [1.29, 1.82) is 0 Å². The van der Waals surface area contributed by atoms with Crippen LogP contribution in [0, 0.1) is 0 Å². The fraction of sp³-hybridized carbons (Fsp3) is 0.400. The maximum Gasteiger partial charge on any atom is 0.304 e. The number of ether oxygens (including phenoxy) is 4. The van der Waals surface area contributed by atoms with Crippen molar-refractivity contribution in [2.75, 3.05) is 18.6 Å². The summed E-state index contributed by atoms with van der Waals surface area (Å²) < 4.78 is 22.5. The van der Waals surface area contributed by atoms with Crippen molar-refractivity contribution in [3.8, 4) is 5.75 Å². The van der Waals surface area contributed by atoms with E-state index < -0.39 is 41.3 Å². The molecule has 2 aromatic rings. The second-order valence-corrected chi connectivity index (χ2v) is 8.68. The van der Waals surface area contributed by atoms with Gasteiger partial charge in [-0.2, -0.15) is 0 Å². The molecule has 9 heteroatoms. The average molecular weight is 469 g/mol. The molecule has 4 rings (SSSR count). The lowest BCUT2D eigenvalue weighted by Crippen LogP contribution is -2.83. The van der Waals surface area contributed by atoms with Crippen LogP contribution >= 0.6 is 0 Å². The number of hydrogen-bond acceptors (Lipinski definition) is 7. The van der Waals surface area contributed by atoms with Crippen molar-refractivity contribution >= 4 is 23.5 Å². The number of carbonyl (C=O) groups is 3. The van der Waals surface area contributed by atoms with Crippen LogP contribution < -0.4 is 15.0 Å². The number of methoxy groups -OCH3 is 1. The summed E-state index contributed by atoms with van der Waals surface area (Å²) in [4.78, 5) is 40.7. The smallest absolute Gasteiger partial charge is 0.304 e. The van der Waals surface area contributed by atoms with Crippen molar-refractivity contribution in [3.63, 3.8) is 0 Å². The number of nitrogens with zero attached hydrogens (tertiary/aromatic N) is 1. The lowest BCUT2D eigenvalue weighted by Gasteiger charge is -2.54. The van der Waals surface area contributed by atoms with E-state index in [4.69, 9.17) is 18.9 Å². The molecule has 2 fully saturated rings. The van der Waals surface area contributed by atoms with Gasteiger partial charge in [0.2, 0.25) is 0 Å². The van der Waals surface area contributed by atoms with Crippen molar-refractivity contribution in [1.82, 2.24) is 5.32 Å². The number of amides is 2. The normalized spacial score (nSPS) is 25.4. The molecule has 180 valence electrons. The van der Waals surface area contributed by atoms with Gasteiger partial charge in [0, 0.05) is 19.2 Å². The van der Waals surface area contributed by atoms with Gasteiger partial charge in [0.1, 0.15) is 17.9 Å². The number of esters is 1. The zero-order chi connectivity index (χ0) is 24.5. The molecule has 2 amide bonds. The highest BCUT2D eigenvalue weighted by molar-refractivity contribution is 6.23. The highest BCUT2D eigenvalue weighted by Crippen LogP contribution is 2.44. The molecule has 0 spiro atoms. The van der Waals surface area contributed by atoms with E-state index in [0.29, 0.717) is 11.4 Å². The molecular weight excluding hydrogens is 440 g/mol. The highest BCUT2D eigenvalue weighted by atomic mass is 16.7. The average Bonchev–Trinajstić information content (AvgIpc) is 3.18. The van der Waals surface area contributed by atoms with E-state index in [1.165, 1.54) is 11.8 Å². The summed E-state index contributed by atoms with van der Waals surface area (Å²) in [5.41, 5.74) is -0.733. The van der Waals surface area contributed by atoms with E-state index in [1.54, 1.807) is 45.2 Å². The Balaban J connectivity index is 1.70. The van der Waals surface area contributed by atoms with Crippen LogP contribution in [-0.2, 0) is 35.1 Å². The van der Waals surface area contributed by atoms with Crippen molar-refractivity contribution in [2.24, 2.45) is 0 Å². The molecule has 0 unspecified atom stereocenters. The Kier molecular flexibility index (Phi) is 6.33. The monoisotopic (exact) mass is 468 g/mol. The van der Waals surface area contributed by atoms with Gasteiger partial charge in [-0.1, -0.05) is 30.3 Å². The first kappa shape index (κ1) is 23.7. The molecule has 2 aromatic carbocycles. The van der Waals surface area contributed by atoms with E-state index in [-0.39, 0.29) is 13.2 Å². The predicted octanol–water partition coefficient (Wildman–Crippen LogP) is 2.18. The summed E-state index contributed by atoms with van der Waals surface area (Å²) in [7, 11) is 1.54. The van der Waals surface area contributed by atoms with E-state index in [9.17, 15) is 14.4 Å². The van der Waals surface area contributed by atoms with E-state index in [1.807, 2.05) is 30.3 Å². The molecule has 0 saturated carbocycles. The third-order valence-electron chi connectivity index (χ3n) is 5.90. The standard InChI is InChI=1S/C25H28N2O7/c1-16(28)33-25(22(29)26-14-17-8-6-5-7-9-17)21(20-15-32-24(2,3)34-20)27(23(25)30)18-10-12-19(31-4)13-11-18/h5-13,20-21H,14-15H2,1-4H3,(H,26,29)/t20-,21+,25+/m1/s1. The Morgan fingerprint density at radius 3 is 2.35 bits per heavy atom. The summed E-state index contributed by atoms with van der Waals surface area (Å²) in [6.07, 6.45) is -0.711. The van der Waals surface area contributed by atoms with Crippen LogP contribution in [0.1, 0.15) is 26.3 Å². The SMILES string of the molecule is COc1ccc(N2C(=O)[C@@](OC(C)=O)(C(=O)NCc3ccccc3)[C@@H]2[C@H]2COC(C)(C)O2)cc1. The number of β-lactam (4-membered cyclic amide) rings is 1. The molecule has 1 N–H and O–H groups in total. The zero-order valence-corrected chi connectivity index (χ0v) is 19.6. The van der Waals surface area contributed by atoms with Crippen LogP contribution in [0.2, 0.25) is 0 Å². The molecule has 2 heterocycles. The summed E-state index contributed by atoms with van der Waals surface area (Å²) in [5, 5.41) is 2.76. The van der Waals surface area contributed by atoms with Crippen LogP contribution in [0.4, 0.5) is 5.69 Å². The van der Waals surface area contributed by atoms with Crippen LogP contribution in [0.5, 0.6) is 5.75 Å². The van der Waals surface area contributed by atoms with Crippen LogP contribution in [0.3, 0.4) is 0 Å². The Hall–Kier alpha value is -3.43. The zero-order valence-electron chi connectivity index (χ0n) is 19.6. The van der Waals surface area contributed by atoms with Gasteiger partial charge in [0.25, 0.3) is 17.4 Å². The maximum atomic E-state index is 13.6.